The van der Waals surface area contributed by atoms with Crippen LogP contribution in [0.2, 0.25) is 0 Å². The van der Waals surface area contributed by atoms with E-state index in [0.717, 1.165) is 36.0 Å². The van der Waals surface area contributed by atoms with Crippen molar-refractivity contribution >= 4 is 22.7 Å². The van der Waals surface area contributed by atoms with Crippen LogP contribution in [0.3, 0.4) is 0 Å². The van der Waals surface area contributed by atoms with Crippen LogP contribution in [0, 0.1) is 6.92 Å². The minimum absolute atomic E-state index is 0.209. The largest absolute Gasteiger partial charge is 0.480 e. The molecule has 2 aromatic rings. The van der Waals surface area contributed by atoms with Crippen LogP contribution in [-0.2, 0) is 4.74 Å². The molecule has 1 saturated heterocycles. The zero-order chi connectivity index (χ0) is 14.8. The Bertz CT molecular complexity index is 650. The Balaban J connectivity index is 1.99. The van der Waals surface area contributed by atoms with Gasteiger partial charge < -0.3 is 20.5 Å². The van der Waals surface area contributed by atoms with Crippen molar-refractivity contribution in [2.75, 3.05) is 31.3 Å². The molecule has 1 aliphatic rings. The quantitative estimate of drug-likeness (QED) is 0.880. The van der Waals surface area contributed by atoms with E-state index < -0.39 is 0 Å². The number of anilines is 2. The maximum atomic E-state index is 5.80. The monoisotopic (exact) mass is 289 g/mol. The third kappa shape index (κ3) is 2.82. The molecule has 0 amide bonds. The zero-order valence-electron chi connectivity index (χ0n) is 12.2. The van der Waals surface area contributed by atoms with Crippen LogP contribution in [-0.4, -0.2) is 41.3 Å². The van der Waals surface area contributed by atoms with Crippen molar-refractivity contribution in [3.8, 4) is 5.88 Å². The van der Waals surface area contributed by atoms with Crippen LogP contribution in [0.5, 0.6) is 5.88 Å². The summed E-state index contributed by atoms with van der Waals surface area (Å²) in [7, 11) is 1.58. The van der Waals surface area contributed by atoms with Crippen molar-refractivity contribution in [3.63, 3.8) is 0 Å². The lowest BCUT2D eigenvalue weighted by molar-refractivity contribution is 0.120. The predicted molar refractivity (Wildman–Crippen MR) is 80.5 cm³/mol. The Morgan fingerprint density at radius 3 is 3.00 bits per heavy atom. The fourth-order valence-corrected chi connectivity index (χ4v) is 2.55. The van der Waals surface area contributed by atoms with Crippen LogP contribution in [0.25, 0.3) is 10.9 Å². The number of hydrogen-bond donors (Lipinski definition) is 2. The second-order valence-corrected chi connectivity index (χ2v) is 5.11. The molecule has 0 bridgehead atoms. The molecule has 0 aromatic carbocycles. The molecule has 21 heavy (non-hydrogen) atoms. The van der Waals surface area contributed by atoms with Gasteiger partial charge in [-0.15, -0.1) is 0 Å². The number of ether oxygens (including phenoxy) is 2. The molecule has 1 unspecified atom stereocenters. The number of aromatic nitrogens is 3. The third-order valence-corrected chi connectivity index (χ3v) is 3.51. The first kappa shape index (κ1) is 13.8. The van der Waals surface area contributed by atoms with Gasteiger partial charge in [-0.3, -0.25) is 0 Å². The molecular formula is C14H19N5O2. The van der Waals surface area contributed by atoms with Gasteiger partial charge in [0.1, 0.15) is 11.2 Å². The highest BCUT2D eigenvalue weighted by atomic mass is 16.5. The fourth-order valence-electron chi connectivity index (χ4n) is 2.55. The summed E-state index contributed by atoms with van der Waals surface area (Å²) >= 11 is 0. The predicted octanol–water partition coefficient (Wildman–Crippen LogP) is 1.51. The second kappa shape index (κ2) is 5.69. The number of nitrogens with one attached hydrogen (secondary N) is 1. The molecule has 0 aliphatic carbocycles. The van der Waals surface area contributed by atoms with Gasteiger partial charge in [0.05, 0.1) is 18.7 Å². The van der Waals surface area contributed by atoms with E-state index in [-0.39, 0.29) is 12.1 Å². The molecular weight excluding hydrogens is 270 g/mol. The summed E-state index contributed by atoms with van der Waals surface area (Å²) < 4.78 is 11.0. The van der Waals surface area contributed by atoms with Crippen molar-refractivity contribution in [2.45, 2.75) is 25.9 Å². The first-order chi connectivity index (χ1) is 10.2. The number of nitrogens with zero attached hydrogens (tertiary/aromatic N) is 3. The van der Waals surface area contributed by atoms with E-state index in [0.29, 0.717) is 18.2 Å². The summed E-state index contributed by atoms with van der Waals surface area (Å²) in [5.41, 5.74) is 7.34. The Morgan fingerprint density at radius 2 is 2.29 bits per heavy atom. The summed E-state index contributed by atoms with van der Waals surface area (Å²) in [5, 5.41) is 4.03. The highest BCUT2D eigenvalue weighted by Crippen LogP contribution is 2.30. The Kier molecular flexibility index (Phi) is 3.74. The topological polar surface area (TPSA) is 95.2 Å². The number of nitrogens with two attached hydrogens (primary N) is 1. The number of nitrogen functional groups attached to an aromatic ring is 1. The average molecular weight is 289 g/mol. The molecule has 2 aromatic heterocycles. The van der Waals surface area contributed by atoms with Crippen LogP contribution in [0.15, 0.2) is 6.07 Å². The van der Waals surface area contributed by atoms with Gasteiger partial charge in [-0.1, -0.05) is 0 Å². The molecule has 3 rings (SSSR count). The lowest BCUT2D eigenvalue weighted by atomic mass is 10.2. The molecule has 1 aliphatic heterocycles. The van der Waals surface area contributed by atoms with Crippen molar-refractivity contribution in [1.29, 1.82) is 0 Å². The lowest BCUT2D eigenvalue weighted by Gasteiger charge is -2.14. The second-order valence-electron chi connectivity index (χ2n) is 5.11. The van der Waals surface area contributed by atoms with E-state index in [1.807, 2.05) is 13.0 Å². The van der Waals surface area contributed by atoms with Crippen LogP contribution in [0.1, 0.15) is 18.5 Å². The molecule has 112 valence electrons. The number of rotatable bonds is 4. The van der Waals surface area contributed by atoms with Gasteiger partial charge in [0.15, 0.2) is 0 Å². The van der Waals surface area contributed by atoms with Crippen molar-refractivity contribution in [1.82, 2.24) is 15.0 Å². The molecule has 7 heteroatoms. The lowest BCUT2D eigenvalue weighted by Crippen LogP contribution is -2.19. The van der Waals surface area contributed by atoms with Gasteiger partial charge in [0.2, 0.25) is 11.8 Å². The molecule has 0 radical (unpaired) electrons. The SMILES string of the molecule is COc1nc(C)cc2nc(N)nc(NCC3CCCO3)c12. The minimum Gasteiger partial charge on any atom is -0.480 e. The molecule has 3 N–H and O–H groups in total. The molecule has 1 fully saturated rings. The molecule has 1 atom stereocenters. The van der Waals surface area contributed by atoms with Crippen LogP contribution < -0.4 is 15.8 Å². The Hall–Kier alpha value is -2.15. The number of pyridine rings is 1. The molecule has 0 spiro atoms. The van der Waals surface area contributed by atoms with Gasteiger partial charge in [0, 0.05) is 18.8 Å². The maximum Gasteiger partial charge on any atom is 0.226 e. The molecule has 0 saturated carbocycles. The van der Waals surface area contributed by atoms with Crippen molar-refractivity contribution < 1.29 is 9.47 Å². The van der Waals surface area contributed by atoms with Crippen LogP contribution in [0.4, 0.5) is 11.8 Å². The van der Waals surface area contributed by atoms with Crippen molar-refractivity contribution in [3.05, 3.63) is 11.8 Å². The maximum absolute atomic E-state index is 5.80. The Labute approximate surface area is 122 Å². The van der Waals surface area contributed by atoms with Gasteiger partial charge in [-0.2, -0.15) is 4.98 Å². The van der Waals surface area contributed by atoms with E-state index in [1.165, 1.54) is 0 Å². The van der Waals surface area contributed by atoms with Gasteiger partial charge in [-0.25, -0.2) is 9.97 Å². The number of methoxy groups -OCH3 is 1. The zero-order valence-corrected chi connectivity index (χ0v) is 12.2. The molecule has 3 heterocycles. The van der Waals surface area contributed by atoms with E-state index in [4.69, 9.17) is 15.2 Å². The summed E-state index contributed by atoms with van der Waals surface area (Å²) in [6.07, 6.45) is 2.36. The van der Waals surface area contributed by atoms with Gasteiger partial charge in [-0.05, 0) is 25.8 Å². The number of hydrogen-bond acceptors (Lipinski definition) is 7. The highest BCUT2D eigenvalue weighted by Gasteiger charge is 2.18. The van der Waals surface area contributed by atoms with E-state index in [2.05, 4.69) is 20.3 Å². The van der Waals surface area contributed by atoms with E-state index in [9.17, 15) is 0 Å². The standard InChI is InChI=1S/C14H19N5O2/c1-8-6-10-11(13(17-8)20-2)12(19-14(15)18-10)16-7-9-4-3-5-21-9/h6,9H,3-5,7H2,1-2H3,(H3,15,16,18,19). The number of fused-ring (bicyclic) bond motifs is 1. The smallest absolute Gasteiger partial charge is 0.226 e. The summed E-state index contributed by atoms with van der Waals surface area (Å²) in [6.45, 7) is 3.39. The normalized spacial score (nSPS) is 18.1. The first-order valence-electron chi connectivity index (χ1n) is 7.01. The summed E-state index contributed by atoms with van der Waals surface area (Å²) in [5.74, 6) is 1.36. The van der Waals surface area contributed by atoms with Gasteiger partial charge in [0.25, 0.3) is 0 Å². The minimum atomic E-state index is 0.209. The highest BCUT2D eigenvalue weighted by molar-refractivity contribution is 5.94. The summed E-state index contributed by atoms with van der Waals surface area (Å²) in [6, 6.07) is 1.87. The first-order valence-corrected chi connectivity index (χ1v) is 7.01. The Morgan fingerprint density at radius 1 is 1.43 bits per heavy atom. The average Bonchev–Trinajstić information content (AvgIpc) is 2.96. The van der Waals surface area contributed by atoms with Crippen LogP contribution >= 0.6 is 0 Å². The van der Waals surface area contributed by atoms with E-state index in [1.54, 1.807) is 7.11 Å². The van der Waals surface area contributed by atoms with Gasteiger partial charge >= 0.3 is 0 Å². The third-order valence-electron chi connectivity index (χ3n) is 3.51. The summed E-state index contributed by atoms with van der Waals surface area (Å²) in [4.78, 5) is 12.9. The van der Waals surface area contributed by atoms with Crippen molar-refractivity contribution in [2.24, 2.45) is 0 Å². The number of aryl methyl sites for hydroxylation is 1. The van der Waals surface area contributed by atoms with E-state index >= 15 is 0 Å². The fraction of sp³-hybridized carbons (Fsp3) is 0.500. The molecule has 7 nitrogen and oxygen atoms in total.